The van der Waals surface area contributed by atoms with Crippen molar-refractivity contribution in [1.29, 1.82) is 0 Å². The van der Waals surface area contributed by atoms with Crippen LogP contribution < -0.4 is 12.5 Å². The Morgan fingerprint density at radius 1 is 0.913 bits per heavy atom. The topological polar surface area (TPSA) is 139 Å². The van der Waals surface area contributed by atoms with E-state index in [1.54, 1.807) is 19.6 Å². The molecular weight excluding hydrogens is 392 g/mol. The average molecular weight is 406 g/mol. The molecule has 0 N–H and O–H groups in total. The first kappa shape index (κ1) is 19.7. The smallest absolute Gasteiger partial charge is 0.380 e. The Bertz CT molecular complexity index is 802. The first-order chi connectivity index (χ1) is 10.4. The molecule has 0 bridgehead atoms. The van der Waals surface area contributed by atoms with Crippen molar-refractivity contribution in [2.45, 2.75) is 19.6 Å². The van der Waals surface area contributed by atoms with Gasteiger partial charge in [0.05, 0.1) is 0 Å². The van der Waals surface area contributed by atoms with Gasteiger partial charge in [-0.3, -0.25) is 3.87 Å². The van der Waals surface area contributed by atoms with Crippen molar-refractivity contribution in [2.24, 2.45) is 0 Å². The Morgan fingerprint density at radius 3 is 1.91 bits per heavy atom. The van der Waals surface area contributed by atoms with E-state index in [0.29, 0.717) is 0 Å². The summed E-state index contributed by atoms with van der Waals surface area (Å²) in [5, 5.41) is 0. The van der Waals surface area contributed by atoms with E-state index in [-0.39, 0.29) is 5.75 Å². The van der Waals surface area contributed by atoms with Crippen LogP contribution in [0.5, 0.6) is 17.2 Å². The maximum Gasteiger partial charge on any atom is 0.438 e. The zero-order valence-electron chi connectivity index (χ0n) is 12.1. The molecule has 0 aliphatic carbocycles. The van der Waals surface area contributed by atoms with Crippen molar-refractivity contribution >= 4 is 40.7 Å². The van der Waals surface area contributed by atoms with E-state index < -0.39 is 52.2 Å². The van der Waals surface area contributed by atoms with Gasteiger partial charge >= 0.3 is 10.4 Å². The number of benzene rings is 1. The van der Waals surface area contributed by atoms with E-state index in [2.05, 4.69) is 12.5 Å². The lowest BCUT2D eigenvalue weighted by Gasteiger charge is -2.16. The third kappa shape index (κ3) is 7.64. The zero-order valence-corrected chi connectivity index (χ0v) is 15.7. The van der Waals surface area contributed by atoms with Crippen LogP contribution >= 0.6 is 0 Å². The van der Waals surface area contributed by atoms with Crippen LogP contribution in [0.1, 0.15) is 0 Å². The first-order valence-corrected chi connectivity index (χ1v) is 12.7. The van der Waals surface area contributed by atoms with Crippen molar-refractivity contribution in [2.75, 3.05) is 0 Å². The van der Waals surface area contributed by atoms with E-state index >= 15 is 0 Å². The van der Waals surface area contributed by atoms with Crippen LogP contribution in [-0.4, -0.2) is 33.6 Å². The lowest BCUT2D eigenvalue weighted by Crippen LogP contribution is -2.31. The quantitative estimate of drug-likeness (QED) is 0.447. The highest BCUT2D eigenvalue weighted by Gasteiger charge is 2.26. The molecule has 0 fully saturated rings. The van der Waals surface area contributed by atoms with Crippen LogP contribution in [0.2, 0.25) is 19.6 Å². The fourth-order valence-electron chi connectivity index (χ4n) is 1.29. The van der Waals surface area contributed by atoms with Crippen molar-refractivity contribution in [1.82, 2.24) is 0 Å². The van der Waals surface area contributed by atoms with Crippen molar-refractivity contribution < 1.29 is 41.7 Å². The monoisotopic (exact) mass is 406 g/mol. The Labute approximate surface area is 137 Å². The molecule has 0 amide bonds. The fraction of sp³-hybridized carbons (Fsp3) is 0.333. The number of rotatable bonds is 8. The molecule has 10 nitrogen and oxygen atoms in total. The maximum absolute atomic E-state index is 11.7. The summed E-state index contributed by atoms with van der Waals surface area (Å²) in [7, 11) is -13.6. The van der Waals surface area contributed by atoms with Gasteiger partial charge in [-0.2, -0.15) is 25.3 Å². The molecule has 1 aromatic carbocycles. The Hall–Kier alpha value is -1.35. The van der Waals surface area contributed by atoms with Crippen LogP contribution in [0.4, 0.5) is 0 Å². The molecule has 0 aliphatic rings. The molecule has 0 aliphatic heterocycles. The highest BCUT2D eigenvalue weighted by molar-refractivity contribution is 7.83. The second-order valence-corrected chi connectivity index (χ2v) is 12.1. The van der Waals surface area contributed by atoms with Gasteiger partial charge < -0.3 is 12.5 Å². The van der Waals surface area contributed by atoms with E-state index in [9.17, 15) is 25.3 Å². The summed E-state index contributed by atoms with van der Waals surface area (Å²) in [5.41, 5.74) is 0. The summed E-state index contributed by atoms with van der Waals surface area (Å²) >= 11 is 0. The molecule has 132 valence electrons. The second kappa shape index (κ2) is 7.48. The number of hydrogen-bond donors (Lipinski definition) is 2. The average Bonchev–Trinajstić information content (AvgIpc) is 2.27. The Morgan fingerprint density at radius 2 is 1.43 bits per heavy atom. The number of thiol groups is 2. The maximum atomic E-state index is 11.7. The highest BCUT2D eigenvalue weighted by Crippen LogP contribution is 2.32. The minimum Gasteiger partial charge on any atom is -0.380 e. The predicted octanol–water partition coefficient (Wildman–Crippen LogP) is -0.0279. The van der Waals surface area contributed by atoms with Gasteiger partial charge in [-0.1, -0.05) is 0 Å². The van der Waals surface area contributed by atoms with E-state index in [4.69, 9.17) is 3.87 Å². The molecule has 0 heterocycles. The van der Waals surface area contributed by atoms with E-state index in [1.165, 1.54) is 0 Å². The van der Waals surface area contributed by atoms with Crippen LogP contribution in [0, 0.1) is 0 Å². The molecule has 0 radical (unpaired) electrons. The van der Waals surface area contributed by atoms with Gasteiger partial charge in [0.25, 0.3) is 22.0 Å². The molecule has 0 saturated carbocycles. The van der Waals surface area contributed by atoms with Crippen molar-refractivity contribution in [3.05, 3.63) is 18.2 Å². The standard InChI is InChI=1S/C9H14O10S3Si/c1-23(2,3)19-22(14,15)18-7-4-5-8(16-20(10)11)9(6-7)17-21(12)13/h4-6,20-21H,1-3H3. The number of hydrogen-bond acceptors (Lipinski definition) is 10. The molecule has 0 atom stereocenters. The third-order valence-electron chi connectivity index (χ3n) is 1.81. The van der Waals surface area contributed by atoms with E-state index in [1.807, 2.05) is 0 Å². The third-order valence-corrected chi connectivity index (χ3v) is 5.72. The van der Waals surface area contributed by atoms with Crippen molar-refractivity contribution in [3.8, 4) is 17.2 Å². The molecule has 0 unspecified atom stereocenters. The SMILES string of the molecule is C[Si](C)(C)OS(=O)(=O)Oc1ccc(O[SH](=O)=O)c(O[SH](=O)=O)c1. The summed E-state index contributed by atoms with van der Waals surface area (Å²) in [4.78, 5) is 0. The fourth-order valence-corrected chi connectivity index (χ4v) is 4.83. The summed E-state index contributed by atoms with van der Waals surface area (Å²) in [6.07, 6.45) is 0. The molecule has 0 aromatic heterocycles. The van der Waals surface area contributed by atoms with Gasteiger partial charge in [0.1, 0.15) is 5.75 Å². The summed E-state index contributed by atoms with van der Waals surface area (Å²) in [6, 6.07) is 2.85. The normalized spacial score (nSPS) is 12.4. The van der Waals surface area contributed by atoms with Crippen LogP contribution in [0.25, 0.3) is 0 Å². The van der Waals surface area contributed by atoms with E-state index in [0.717, 1.165) is 18.2 Å². The van der Waals surface area contributed by atoms with Gasteiger partial charge in [0.2, 0.25) is 8.32 Å². The van der Waals surface area contributed by atoms with Crippen molar-refractivity contribution in [3.63, 3.8) is 0 Å². The molecule has 1 rings (SSSR count). The first-order valence-electron chi connectivity index (χ1n) is 5.82. The largest absolute Gasteiger partial charge is 0.438 e. The second-order valence-electron chi connectivity index (χ2n) is 4.93. The van der Waals surface area contributed by atoms with Crippen LogP contribution in [0.3, 0.4) is 0 Å². The lowest BCUT2D eigenvalue weighted by molar-refractivity contribution is 0.390. The zero-order chi connectivity index (χ0) is 17.8. The molecule has 14 heteroatoms. The summed E-state index contributed by atoms with van der Waals surface area (Å²) in [6.45, 7) is 4.85. The summed E-state index contributed by atoms with van der Waals surface area (Å²) in [5.74, 6) is -1.35. The van der Waals surface area contributed by atoms with Gasteiger partial charge in [0, 0.05) is 6.07 Å². The minimum atomic E-state index is -4.38. The highest BCUT2D eigenvalue weighted by atomic mass is 32.3. The lowest BCUT2D eigenvalue weighted by atomic mass is 10.3. The predicted molar refractivity (Wildman–Crippen MR) is 82.3 cm³/mol. The Balaban J connectivity index is 3.14. The van der Waals surface area contributed by atoms with Crippen LogP contribution in [0.15, 0.2) is 18.2 Å². The summed E-state index contributed by atoms with van der Waals surface area (Å²) < 4.78 is 84.0. The van der Waals surface area contributed by atoms with Crippen LogP contribution in [-0.2, 0) is 36.2 Å². The van der Waals surface area contributed by atoms with Gasteiger partial charge in [-0.25, -0.2) is 0 Å². The molecule has 1 aromatic rings. The molecule has 23 heavy (non-hydrogen) atoms. The molecule has 0 saturated heterocycles. The Kier molecular flexibility index (Phi) is 6.40. The minimum absolute atomic E-state index is 0.344. The molecular formula is C9H14O10S3Si. The van der Waals surface area contributed by atoms with Gasteiger partial charge in [-0.05, 0) is 31.8 Å². The van der Waals surface area contributed by atoms with Gasteiger partial charge in [0.15, 0.2) is 11.5 Å². The molecule has 0 spiro atoms. The van der Waals surface area contributed by atoms with Gasteiger partial charge in [-0.15, -0.1) is 0 Å².